The van der Waals surface area contributed by atoms with Crippen molar-refractivity contribution in [3.63, 3.8) is 0 Å². The number of carbonyl (C=O) groups is 3. The van der Waals surface area contributed by atoms with Crippen LogP contribution < -0.4 is 16.4 Å². The molecule has 8 nitrogen and oxygen atoms in total. The van der Waals surface area contributed by atoms with E-state index in [0.29, 0.717) is 12.8 Å². The highest BCUT2D eigenvalue weighted by Gasteiger charge is 2.40. The monoisotopic (exact) mass is 273 g/mol. The molecule has 1 fully saturated rings. The highest BCUT2D eigenvalue weighted by atomic mass is 16.5. The zero-order valence-electron chi connectivity index (χ0n) is 10.6. The predicted octanol–water partition coefficient (Wildman–Crippen LogP) is -0.815. The van der Waals surface area contributed by atoms with Gasteiger partial charge in [-0.1, -0.05) is 0 Å². The van der Waals surface area contributed by atoms with Crippen LogP contribution in [0.1, 0.15) is 25.7 Å². The molecule has 108 valence electrons. The Balaban J connectivity index is 2.19. The van der Waals surface area contributed by atoms with E-state index in [1.54, 1.807) is 0 Å². The Morgan fingerprint density at radius 2 is 2.00 bits per heavy atom. The summed E-state index contributed by atoms with van der Waals surface area (Å²) in [5, 5.41) is 14.0. The fourth-order valence-corrected chi connectivity index (χ4v) is 1.93. The number of hydrogen-bond acceptors (Lipinski definition) is 4. The van der Waals surface area contributed by atoms with Gasteiger partial charge in [-0.2, -0.15) is 0 Å². The Morgan fingerprint density at radius 1 is 1.32 bits per heavy atom. The molecule has 0 atom stereocenters. The van der Waals surface area contributed by atoms with Crippen molar-refractivity contribution in [2.24, 2.45) is 5.73 Å². The average molecular weight is 273 g/mol. The second-order valence-corrected chi connectivity index (χ2v) is 4.60. The molecule has 0 saturated heterocycles. The fraction of sp³-hybridized carbons (Fsp3) is 0.727. The molecule has 19 heavy (non-hydrogen) atoms. The topological polar surface area (TPSA) is 131 Å². The lowest BCUT2D eigenvalue weighted by Gasteiger charge is -2.41. The Bertz CT molecular complexity index is 354. The molecule has 0 radical (unpaired) electrons. The van der Waals surface area contributed by atoms with Crippen LogP contribution >= 0.6 is 0 Å². The largest absolute Gasteiger partial charge is 0.481 e. The molecule has 0 spiro atoms. The second kappa shape index (κ2) is 6.93. The molecule has 1 aliphatic rings. The van der Waals surface area contributed by atoms with Gasteiger partial charge in [-0.3, -0.25) is 9.59 Å². The van der Waals surface area contributed by atoms with Crippen molar-refractivity contribution in [1.29, 1.82) is 0 Å². The van der Waals surface area contributed by atoms with Gasteiger partial charge in [-0.15, -0.1) is 0 Å². The minimum absolute atomic E-state index is 0.0708. The molecule has 1 saturated carbocycles. The van der Waals surface area contributed by atoms with Crippen LogP contribution in [0.25, 0.3) is 0 Å². The summed E-state index contributed by atoms with van der Waals surface area (Å²) in [6, 6.07) is -0.427. The maximum Gasteiger partial charge on any atom is 0.315 e. The molecular weight excluding hydrogens is 254 g/mol. The lowest BCUT2D eigenvalue weighted by Crippen LogP contribution is -2.57. The van der Waals surface area contributed by atoms with Gasteiger partial charge in [0.2, 0.25) is 5.91 Å². The summed E-state index contributed by atoms with van der Waals surface area (Å²) in [7, 11) is 0. The maximum atomic E-state index is 11.6. The van der Waals surface area contributed by atoms with E-state index in [-0.39, 0.29) is 26.2 Å². The number of nitrogens with one attached hydrogen (secondary N) is 2. The normalized spacial score (nSPS) is 16.2. The number of hydrogen-bond donors (Lipinski definition) is 4. The molecule has 0 heterocycles. The van der Waals surface area contributed by atoms with E-state index in [9.17, 15) is 14.4 Å². The third-order valence-corrected chi connectivity index (χ3v) is 2.96. The summed E-state index contributed by atoms with van der Waals surface area (Å²) < 4.78 is 4.87. The van der Waals surface area contributed by atoms with Crippen LogP contribution in [0.15, 0.2) is 0 Å². The van der Waals surface area contributed by atoms with Gasteiger partial charge < -0.3 is 26.2 Å². The highest BCUT2D eigenvalue weighted by Crippen LogP contribution is 2.34. The summed E-state index contributed by atoms with van der Waals surface area (Å²) >= 11 is 0. The smallest absolute Gasteiger partial charge is 0.315 e. The van der Waals surface area contributed by atoms with E-state index < -0.39 is 23.4 Å². The second-order valence-electron chi connectivity index (χ2n) is 4.60. The van der Waals surface area contributed by atoms with E-state index in [4.69, 9.17) is 15.6 Å². The van der Waals surface area contributed by atoms with Crippen LogP contribution in [0.5, 0.6) is 0 Å². The minimum Gasteiger partial charge on any atom is -0.481 e. The SMILES string of the molecule is NC(=O)COCCNC(=O)NC1(CC(=O)O)CCC1. The fourth-order valence-electron chi connectivity index (χ4n) is 1.93. The first kappa shape index (κ1) is 15.2. The van der Waals surface area contributed by atoms with E-state index >= 15 is 0 Å². The van der Waals surface area contributed by atoms with Gasteiger partial charge in [0.1, 0.15) is 6.61 Å². The Labute approximate surface area is 110 Å². The third-order valence-electron chi connectivity index (χ3n) is 2.96. The molecular formula is C11H19N3O5. The lowest BCUT2D eigenvalue weighted by molar-refractivity contribution is -0.139. The summed E-state index contributed by atoms with van der Waals surface area (Å²) in [5.74, 6) is -1.50. The van der Waals surface area contributed by atoms with Crippen molar-refractivity contribution in [2.75, 3.05) is 19.8 Å². The number of rotatable bonds is 8. The summed E-state index contributed by atoms with van der Waals surface area (Å²) in [6.45, 7) is 0.205. The number of nitrogens with two attached hydrogens (primary N) is 1. The van der Waals surface area contributed by atoms with Crippen LogP contribution in [0.2, 0.25) is 0 Å². The first-order valence-corrected chi connectivity index (χ1v) is 6.07. The van der Waals surface area contributed by atoms with Gasteiger partial charge in [0, 0.05) is 6.54 Å². The first-order chi connectivity index (χ1) is 8.93. The van der Waals surface area contributed by atoms with Gasteiger partial charge >= 0.3 is 12.0 Å². The number of carboxylic acids is 1. The molecule has 0 bridgehead atoms. The van der Waals surface area contributed by atoms with Gasteiger partial charge in [0.25, 0.3) is 0 Å². The molecule has 8 heteroatoms. The van der Waals surface area contributed by atoms with E-state index in [0.717, 1.165) is 6.42 Å². The molecule has 0 aromatic heterocycles. The number of urea groups is 1. The van der Waals surface area contributed by atoms with Crippen LogP contribution in [0.3, 0.4) is 0 Å². The first-order valence-electron chi connectivity index (χ1n) is 6.07. The number of aliphatic carboxylic acids is 1. The number of primary amides is 1. The van der Waals surface area contributed by atoms with Crippen molar-refractivity contribution >= 4 is 17.9 Å². The van der Waals surface area contributed by atoms with E-state index in [1.165, 1.54) is 0 Å². The molecule has 1 rings (SSSR count). The highest BCUT2D eigenvalue weighted by molar-refractivity contribution is 5.77. The predicted molar refractivity (Wildman–Crippen MR) is 65.4 cm³/mol. The van der Waals surface area contributed by atoms with Crippen LogP contribution in [-0.4, -0.2) is 48.3 Å². The van der Waals surface area contributed by atoms with Gasteiger partial charge in [0.15, 0.2) is 0 Å². The van der Waals surface area contributed by atoms with Gasteiger partial charge in [-0.25, -0.2) is 4.79 Å². The van der Waals surface area contributed by atoms with Gasteiger partial charge in [0.05, 0.1) is 18.6 Å². The standard InChI is InChI=1S/C11H19N3O5/c12-8(15)7-19-5-4-13-10(18)14-11(2-1-3-11)6-9(16)17/h1-7H2,(H2,12,15)(H,16,17)(H2,13,14,18). The van der Waals surface area contributed by atoms with E-state index in [1.807, 2.05) is 0 Å². The maximum absolute atomic E-state index is 11.6. The van der Waals surface area contributed by atoms with Crippen LogP contribution in [-0.2, 0) is 14.3 Å². The van der Waals surface area contributed by atoms with Crippen molar-refractivity contribution < 1.29 is 24.2 Å². The zero-order chi connectivity index (χ0) is 14.3. The number of carboxylic acid groups (broad SMARTS) is 1. The molecule has 3 amide bonds. The van der Waals surface area contributed by atoms with Crippen molar-refractivity contribution in [3.05, 3.63) is 0 Å². The van der Waals surface area contributed by atoms with Crippen LogP contribution in [0, 0.1) is 0 Å². The molecule has 5 N–H and O–H groups in total. The van der Waals surface area contributed by atoms with Gasteiger partial charge in [-0.05, 0) is 19.3 Å². The minimum atomic E-state index is -0.926. The quantitative estimate of drug-likeness (QED) is 0.429. The molecule has 0 unspecified atom stereocenters. The molecule has 1 aliphatic carbocycles. The number of carbonyl (C=O) groups excluding carboxylic acids is 2. The molecule has 0 aromatic rings. The lowest BCUT2D eigenvalue weighted by atomic mass is 9.74. The number of ether oxygens (including phenoxy) is 1. The van der Waals surface area contributed by atoms with Crippen molar-refractivity contribution in [3.8, 4) is 0 Å². The van der Waals surface area contributed by atoms with Crippen molar-refractivity contribution in [2.45, 2.75) is 31.2 Å². The number of amides is 3. The molecule has 0 aliphatic heterocycles. The molecule has 0 aromatic carbocycles. The van der Waals surface area contributed by atoms with Crippen molar-refractivity contribution in [1.82, 2.24) is 10.6 Å². The Kier molecular flexibility index (Phi) is 5.56. The summed E-state index contributed by atoms with van der Waals surface area (Å²) in [6.07, 6.45) is 2.18. The van der Waals surface area contributed by atoms with E-state index in [2.05, 4.69) is 10.6 Å². The average Bonchev–Trinajstić information content (AvgIpc) is 2.24. The van der Waals surface area contributed by atoms with Crippen LogP contribution in [0.4, 0.5) is 4.79 Å². The Morgan fingerprint density at radius 3 is 2.47 bits per heavy atom. The Hall–Kier alpha value is -1.83. The zero-order valence-corrected chi connectivity index (χ0v) is 10.6. The summed E-state index contributed by atoms with van der Waals surface area (Å²) in [4.78, 5) is 32.7. The third kappa shape index (κ3) is 5.56. The summed E-state index contributed by atoms with van der Waals surface area (Å²) in [5.41, 5.74) is 4.25.